The molecule has 0 saturated carbocycles. The van der Waals surface area contributed by atoms with Gasteiger partial charge in [0.25, 0.3) is 0 Å². The van der Waals surface area contributed by atoms with Crippen molar-refractivity contribution < 1.29 is 18.0 Å². The van der Waals surface area contributed by atoms with E-state index in [2.05, 4.69) is 22.5 Å². The van der Waals surface area contributed by atoms with Gasteiger partial charge in [-0.1, -0.05) is 55.0 Å². The Morgan fingerprint density at radius 2 is 1.72 bits per heavy atom. The fourth-order valence-electron chi connectivity index (χ4n) is 5.20. The van der Waals surface area contributed by atoms with E-state index in [0.717, 1.165) is 61.3 Å². The Bertz CT molecular complexity index is 914. The topological polar surface area (TPSA) is 44.4 Å². The third-order valence-corrected chi connectivity index (χ3v) is 6.79. The Balaban J connectivity index is 1.60. The molecule has 1 aliphatic heterocycles. The smallest absolute Gasteiger partial charge is 0.346 e. The van der Waals surface area contributed by atoms with Crippen molar-refractivity contribution in [2.75, 3.05) is 32.7 Å². The Morgan fingerprint density at radius 3 is 2.31 bits per heavy atom. The normalized spacial score (nSPS) is 19.9. The zero-order valence-corrected chi connectivity index (χ0v) is 18.3. The van der Waals surface area contributed by atoms with Crippen molar-refractivity contribution >= 4 is 5.91 Å². The number of hydrogen-bond donors (Lipinski definition) is 2. The fraction of sp³-hybridized carbons (Fsp3) is 0.480. The summed E-state index contributed by atoms with van der Waals surface area (Å²) >= 11 is 0. The first kappa shape index (κ1) is 22.8. The predicted molar refractivity (Wildman–Crippen MR) is 119 cm³/mol. The van der Waals surface area contributed by atoms with Crippen molar-refractivity contribution in [2.45, 2.75) is 43.8 Å². The lowest BCUT2D eigenvalue weighted by molar-refractivity contribution is -0.141. The molecule has 1 heterocycles. The Hall–Kier alpha value is -2.38. The molecule has 4 nitrogen and oxygen atoms in total. The maximum atomic E-state index is 13.5. The summed E-state index contributed by atoms with van der Waals surface area (Å²) < 4.78 is 38.8. The minimum absolute atomic E-state index is 0.459. The van der Waals surface area contributed by atoms with Crippen LogP contribution in [0, 0.1) is 0 Å². The summed E-state index contributed by atoms with van der Waals surface area (Å²) in [5.74, 6) is -0.567. The van der Waals surface area contributed by atoms with Crippen LogP contribution in [0.5, 0.6) is 0 Å². The monoisotopic (exact) mass is 445 g/mol. The summed E-state index contributed by atoms with van der Waals surface area (Å²) in [5.41, 5.74) is 2.36. The number of fused-ring (bicyclic) bond motifs is 3. The number of nitrogens with one attached hydrogen (secondary N) is 2. The number of nitrogens with zero attached hydrogens (tertiary/aromatic N) is 1. The van der Waals surface area contributed by atoms with E-state index in [4.69, 9.17) is 0 Å². The van der Waals surface area contributed by atoms with Crippen molar-refractivity contribution in [2.24, 2.45) is 0 Å². The van der Waals surface area contributed by atoms with Gasteiger partial charge in [0.1, 0.15) is 12.0 Å². The van der Waals surface area contributed by atoms with E-state index < -0.39 is 24.0 Å². The number of rotatable bonds is 7. The van der Waals surface area contributed by atoms with Crippen LogP contribution in [0.1, 0.15) is 37.3 Å². The first-order chi connectivity index (χ1) is 15.3. The van der Waals surface area contributed by atoms with E-state index in [-0.39, 0.29) is 0 Å². The van der Waals surface area contributed by atoms with Crippen LogP contribution in [0.4, 0.5) is 13.2 Å². The number of unbranched alkanes of at least 4 members (excludes halogenated alkanes) is 1. The van der Waals surface area contributed by atoms with E-state index in [1.165, 1.54) is 0 Å². The van der Waals surface area contributed by atoms with Crippen LogP contribution < -0.4 is 10.6 Å². The van der Waals surface area contributed by atoms with Crippen LogP contribution in [-0.4, -0.2) is 55.7 Å². The summed E-state index contributed by atoms with van der Waals surface area (Å²) in [6, 6.07) is 15.7. The highest BCUT2D eigenvalue weighted by Gasteiger charge is 2.49. The van der Waals surface area contributed by atoms with Gasteiger partial charge in [-0.3, -0.25) is 9.69 Å². The summed E-state index contributed by atoms with van der Waals surface area (Å²) in [6.45, 7) is 4.72. The molecule has 0 radical (unpaired) electrons. The molecule has 0 spiro atoms. The van der Waals surface area contributed by atoms with Gasteiger partial charge in [0.05, 0.1) is 0 Å². The molecule has 2 aromatic carbocycles. The number of alkyl halides is 3. The quantitative estimate of drug-likeness (QED) is 0.631. The molecule has 1 saturated heterocycles. The fourth-order valence-corrected chi connectivity index (χ4v) is 5.20. The van der Waals surface area contributed by atoms with Gasteiger partial charge in [0.2, 0.25) is 5.91 Å². The standard InChI is InChI=1S/C25H30F3N3O/c1-18-16-29-13-15-31(18)14-7-6-12-24(23(32)30-17-25(26,27)28)21-10-4-2-8-19(21)20-9-3-5-11-22(20)24/h2-5,8-11,18,29H,6-7,12-17H2,1H3,(H,30,32)/t18-/m0/s1. The van der Waals surface area contributed by atoms with Crippen molar-refractivity contribution in [3.63, 3.8) is 0 Å². The van der Waals surface area contributed by atoms with Crippen molar-refractivity contribution in [3.05, 3.63) is 59.7 Å². The zero-order chi connectivity index (χ0) is 22.8. The minimum Gasteiger partial charge on any atom is -0.346 e. The third-order valence-electron chi connectivity index (χ3n) is 6.79. The van der Waals surface area contributed by atoms with Crippen LogP contribution in [0.2, 0.25) is 0 Å². The van der Waals surface area contributed by atoms with E-state index in [9.17, 15) is 18.0 Å². The molecule has 0 aromatic heterocycles. The molecule has 4 rings (SSSR count). The molecule has 1 fully saturated rings. The Morgan fingerprint density at radius 1 is 1.09 bits per heavy atom. The van der Waals surface area contributed by atoms with Crippen LogP contribution >= 0.6 is 0 Å². The van der Waals surface area contributed by atoms with Gasteiger partial charge in [-0.25, -0.2) is 0 Å². The molecule has 7 heteroatoms. The Labute approximate surface area is 187 Å². The number of carbonyl (C=O) groups is 1. The molecular weight excluding hydrogens is 415 g/mol. The van der Waals surface area contributed by atoms with E-state index in [1.54, 1.807) is 0 Å². The zero-order valence-electron chi connectivity index (χ0n) is 18.3. The number of hydrogen-bond acceptors (Lipinski definition) is 3. The second kappa shape index (κ2) is 9.24. The van der Waals surface area contributed by atoms with Gasteiger partial charge >= 0.3 is 6.18 Å². The highest BCUT2D eigenvalue weighted by molar-refractivity contribution is 6.00. The summed E-state index contributed by atoms with van der Waals surface area (Å²) in [4.78, 5) is 15.9. The highest BCUT2D eigenvalue weighted by atomic mass is 19.4. The van der Waals surface area contributed by atoms with Crippen LogP contribution in [0.25, 0.3) is 11.1 Å². The molecule has 1 amide bonds. The number of benzene rings is 2. The predicted octanol–water partition coefficient (Wildman–Crippen LogP) is 4.10. The molecule has 1 atom stereocenters. The van der Waals surface area contributed by atoms with Gasteiger partial charge in [0, 0.05) is 25.7 Å². The molecule has 32 heavy (non-hydrogen) atoms. The second-order valence-electron chi connectivity index (χ2n) is 8.84. The van der Waals surface area contributed by atoms with Crippen LogP contribution in [0.15, 0.2) is 48.5 Å². The van der Waals surface area contributed by atoms with E-state index in [0.29, 0.717) is 12.5 Å². The van der Waals surface area contributed by atoms with E-state index >= 15 is 0 Å². The van der Waals surface area contributed by atoms with Gasteiger partial charge in [0.15, 0.2) is 0 Å². The third kappa shape index (κ3) is 4.41. The SMILES string of the molecule is C[C@H]1CNCCN1CCCCC1(C(=O)NCC(F)(F)F)c2ccccc2-c2ccccc21. The maximum Gasteiger partial charge on any atom is 0.405 e. The average molecular weight is 446 g/mol. The van der Waals surface area contributed by atoms with Crippen molar-refractivity contribution in [1.82, 2.24) is 15.5 Å². The molecule has 0 unspecified atom stereocenters. The van der Waals surface area contributed by atoms with Gasteiger partial charge in [-0.2, -0.15) is 13.2 Å². The minimum atomic E-state index is -4.45. The van der Waals surface area contributed by atoms with E-state index in [1.807, 2.05) is 48.5 Å². The first-order valence-electron chi connectivity index (χ1n) is 11.3. The molecule has 172 valence electrons. The van der Waals surface area contributed by atoms with Gasteiger partial charge in [-0.15, -0.1) is 0 Å². The molecule has 2 aliphatic rings. The lowest BCUT2D eigenvalue weighted by Gasteiger charge is -2.34. The lowest BCUT2D eigenvalue weighted by Crippen LogP contribution is -2.50. The van der Waals surface area contributed by atoms with Gasteiger partial charge < -0.3 is 10.6 Å². The largest absolute Gasteiger partial charge is 0.405 e. The number of piperazine rings is 1. The summed E-state index contributed by atoms with van der Waals surface area (Å²) in [6.07, 6.45) is -2.33. The number of amides is 1. The van der Waals surface area contributed by atoms with Crippen LogP contribution in [-0.2, 0) is 10.2 Å². The average Bonchev–Trinajstić information content (AvgIpc) is 3.07. The molecule has 2 aromatic rings. The van der Waals surface area contributed by atoms with Gasteiger partial charge in [-0.05, 0) is 48.6 Å². The molecule has 1 aliphatic carbocycles. The second-order valence-corrected chi connectivity index (χ2v) is 8.84. The molecular formula is C25H30F3N3O. The number of halogens is 3. The Kier molecular flexibility index (Phi) is 6.58. The number of carbonyl (C=O) groups excluding carboxylic acids is 1. The van der Waals surface area contributed by atoms with Crippen molar-refractivity contribution in [1.29, 1.82) is 0 Å². The van der Waals surface area contributed by atoms with Crippen LogP contribution in [0.3, 0.4) is 0 Å². The molecule has 0 bridgehead atoms. The summed E-state index contributed by atoms with van der Waals surface area (Å²) in [7, 11) is 0. The highest BCUT2D eigenvalue weighted by Crippen LogP contribution is 2.51. The summed E-state index contributed by atoms with van der Waals surface area (Å²) in [5, 5.41) is 5.58. The molecule has 2 N–H and O–H groups in total. The van der Waals surface area contributed by atoms with Crippen molar-refractivity contribution in [3.8, 4) is 11.1 Å². The lowest BCUT2D eigenvalue weighted by atomic mass is 9.73. The first-order valence-corrected chi connectivity index (χ1v) is 11.3. The maximum absolute atomic E-state index is 13.5.